The maximum absolute atomic E-state index is 5.22. The van der Waals surface area contributed by atoms with Crippen LogP contribution in [0.15, 0.2) is 182 Å². The second-order valence-corrected chi connectivity index (χ2v) is 14.9. The predicted molar refractivity (Wildman–Crippen MR) is 223 cm³/mol. The highest BCUT2D eigenvalue weighted by atomic mass is 15.1. The third kappa shape index (κ3) is 5.11. The molecule has 7 aromatic carbocycles. The molecule has 1 aliphatic rings. The average Bonchev–Trinajstić information content (AvgIpc) is 3.76. The number of aromatic nitrogens is 3. The molecule has 54 heavy (non-hydrogen) atoms. The average molecular weight is 694 g/mol. The van der Waals surface area contributed by atoms with Crippen LogP contribution < -0.4 is 0 Å². The van der Waals surface area contributed by atoms with Crippen molar-refractivity contribution in [1.29, 1.82) is 0 Å². The molecule has 0 spiro atoms. The standard InChI is InChI=1S/C51H39N3/c1-34(2)29-35-25-27-40(28-26-35)51(45-20-6-4-18-43(45)44-19-5-7-21-46(44)51)41-17-12-15-37(31-41)36-14-11-16-39(30-36)50-53-48-23-9-10-24-49(48)54(50)42-32-38-13-3-8-22-47(38)52-33-42/h3-28,30-34H,29H2,1-2H3. The van der Waals surface area contributed by atoms with Gasteiger partial charge in [0.25, 0.3) is 0 Å². The summed E-state index contributed by atoms with van der Waals surface area (Å²) in [6.07, 6.45) is 3.02. The smallest absolute Gasteiger partial charge is 0.145 e. The SMILES string of the molecule is CC(C)Cc1ccc(C2(c3cccc(-c4cccc(-c5nc6ccccc6n5-c5cnc6ccccc6c5)c4)c3)c3ccccc3-c3ccccc32)cc1. The number of benzene rings is 7. The number of hydrogen-bond acceptors (Lipinski definition) is 2. The molecule has 258 valence electrons. The number of imidazole rings is 1. The van der Waals surface area contributed by atoms with Crippen LogP contribution in [0.4, 0.5) is 0 Å². The Morgan fingerprint density at radius 3 is 1.93 bits per heavy atom. The summed E-state index contributed by atoms with van der Waals surface area (Å²) in [5.41, 5.74) is 16.0. The van der Waals surface area contributed by atoms with E-state index in [4.69, 9.17) is 9.97 Å². The van der Waals surface area contributed by atoms with E-state index in [1.807, 2.05) is 12.3 Å². The van der Waals surface area contributed by atoms with Gasteiger partial charge in [-0.3, -0.25) is 9.55 Å². The van der Waals surface area contributed by atoms with E-state index < -0.39 is 5.41 Å². The van der Waals surface area contributed by atoms with Crippen LogP contribution in [-0.4, -0.2) is 14.5 Å². The van der Waals surface area contributed by atoms with E-state index in [-0.39, 0.29) is 0 Å². The van der Waals surface area contributed by atoms with Crippen molar-refractivity contribution in [3.05, 3.63) is 210 Å². The molecule has 10 rings (SSSR count). The molecule has 2 heterocycles. The fraction of sp³-hybridized carbons (Fsp3) is 0.0980. The van der Waals surface area contributed by atoms with Crippen molar-refractivity contribution in [1.82, 2.24) is 14.5 Å². The molecule has 9 aromatic rings. The lowest BCUT2D eigenvalue weighted by Gasteiger charge is -2.34. The van der Waals surface area contributed by atoms with Gasteiger partial charge in [-0.25, -0.2) is 4.98 Å². The molecule has 0 radical (unpaired) electrons. The molecule has 0 bridgehead atoms. The van der Waals surface area contributed by atoms with Gasteiger partial charge in [-0.1, -0.05) is 153 Å². The highest BCUT2D eigenvalue weighted by Crippen LogP contribution is 2.56. The molecule has 0 saturated heterocycles. The predicted octanol–water partition coefficient (Wildman–Crippen LogP) is 12.5. The number of hydrogen-bond donors (Lipinski definition) is 0. The van der Waals surface area contributed by atoms with Gasteiger partial charge < -0.3 is 0 Å². The van der Waals surface area contributed by atoms with E-state index >= 15 is 0 Å². The lowest BCUT2D eigenvalue weighted by molar-refractivity contribution is 0.646. The Labute approximate surface area is 316 Å². The maximum atomic E-state index is 5.22. The van der Waals surface area contributed by atoms with Gasteiger partial charge in [0.05, 0.1) is 33.8 Å². The molecule has 0 amide bonds. The Morgan fingerprint density at radius 1 is 0.537 bits per heavy atom. The Kier molecular flexibility index (Phi) is 7.62. The van der Waals surface area contributed by atoms with Gasteiger partial charge in [0, 0.05) is 10.9 Å². The Bertz CT molecular complexity index is 2800. The second-order valence-electron chi connectivity index (χ2n) is 14.9. The van der Waals surface area contributed by atoms with Crippen LogP contribution in [-0.2, 0) is 11.8 Å². The van der Waals surface area contributed by atoms with Gasteiger partial charge in [0.2, 0.25) is 0 Å². The van der Waals surface area contributed by atoms with Gasteiger partial charge in [-0.2, -0.15) is 0 Å². The van der Waals surface area contributed by atoms with Crippen LogP contribution in [0.3, 0.4) is 0 Å². The van der Waals surface area contributed by atoms with Gasteiger partial charge >= 0.3 is 0 Å². The van der Waals surface area contributed by atoms with Crippen molar-refractivity contribution < 1.29 is 0 Å². The zero-order valence-electron chi connectivity index (χ0n) is 30.4. The van der Waals surface area contributed by atoms with Crippen LogP contribution in [0, 0.1) is 5.92 Å². The van der Waals surface area contributed by atoms with Crippen molar-refractivity contribution in [2.24, 2.45) is 5.92 Å². The summed E-state index contributed by atoms with van der Waals surface area (Å²) in [6.45, 7) is 4.57. The molecule has 0 aliphatic heterocycles. The summed E-state index contributed by atoms with van der Waals surface area (Å²) in [5.74, 6) is 1.49. The lowest BCUT2D eigenvalue weighted by Crippen LogP contribution is -2.28. The first kappa shape index (κ1) is 32.1. The quantitative estimate of drug-likeness (QED) is 0.166. The summed E-state index contributed by atoms with van der Waals surface area (Å²) in [7, 11) is 0. The highest BCUT2D eigenvalue weighted by Gasteiger charge is 2.46. The fourth-order valence-electron chi connectivity index (χ4n) is 8.82. The van der Waals surface area contributed by atoms with Crippen LogP contribution in [0.25, 0.3) is 61.3 Å². The highest BCUT2D eigenvalue weighted by molar-refractivity contribution is 5.88. The fourth-order valence-corrected chi connectivity index (χ4v) is 8.82. The summed E-state index contributed by atoms with van der Waals surface area (Å²) >= 11 is 0. The van der Waals surface area contributed by atoms with Crippen LogP contribution in [0.1, 0.15) is 41.7 Å². The molecular weight excluding hydrogens is 655 g/mol. The molecule has 0 atom stereocenters. The monoisotopic (exact) mass is 693 g/mol. The number of nitrogens with zero attached hydrogens (tertiary/aromatic N) is 3. The number of pyridine rings is 1. The number of fused-ring (bicyclic) bond motifs is 5. The lowest BCUT2D eigenvalue weighted by atomic mass is 9.67. The normalized spacial score (nSPS) is 13.0. The molecule has 0 N–H and O–H groups in total. The maximum Gasteiger partial charge on any atom is 0.145 e. The summed E-state index contributed by atoms with van der Waals surface area (Å²) in [6, 6.07) is 64.2. The first-order valence-corrected chi connectivity index (χ1v) is 18.9. The molecule has 3 heteroatoms. The summed E-state index contributed by atoms with van der Waals surface area (Å²) < 4.78 is 2.24. The van der Waals surface area contributed by atoms with Crippen molar-refractivity contribution >= 4 is 21.9 Å². The topological polar surface area (TPSA) is 30.7 Å². The molecule has 2 aromatic heterocycles. The van der Waals surface area contributed by atoms with Gasteiger partial charge in [0.1, 0.15) is 5.82 Å². The van der Waals surface area contributed by atoms with Crippen molar-refractivity contribution in [3.8, 4) is 39.3 Å². The molecule has 0 unspecified atom stereocenters. The molecule has 3 nitrogen and oxygen atoms in total. The van der Waals surface area contributed by atoms with E-state index in [2.05, 4.69) is 188 Å². The Balaban J connectivity index is 1.14. The van der Waals surface area contributed by atoms with Gasteiger partial charge in [-0.15, -0.1) is 0 Å². The van der Waals surface area contributed by atoms with E-state index in [1.54, 1.807) is 0 Å². The second kappa shape index (κ2) is 12.8. The third-order valence-electron chi connectivity index (χ3n) is 11.1. The minimum Gasteiger partial charge on any atom is -0.291 e. The van der Waals surface area contributed by atoms with E-state index in [1.165, 1.54) is 44.5 Å². The van der Waals surface area contributed by atoms with Gasteiger partial charge in [0.15, 0.2) is 0 Å². The number of para-hydroxylation sites is 3. The van der Waals surface area contributed by atoms with Crippen molar-refractivity contribution in [2.45, 2.75) is 25.7 Å². The van der Waals surface area contributed by atoms with E-state index in [0.717, 1.165) is 51.0 Å². The van der Waals surface area contributed by atoms with Crippen molar-refractivity contribution in [2.75, 3.05) is 0 Å². The molecule has 0 saturated carbocycles. The minimum absolute atomic E-state index is 0.464. The molecular formula is C51H39N3. The van der Waals surface area contributed by atoms with E-state index in [9.17, 15) is 0 Å². The van der Waals surface area contributed by atoms with Crippen LogP contribution in [0.2, 0.25) is 0 Å². The Hall–Kier alpha value is -6.58. The van der Waals surface area contributed by atoms with Crippen molar-refractivity contribution in [3.63, 3.8) is 0 Å². The first-order chi connectivity index (χ1) is 26.6. The molecule has 0 fully saturated rings. The number of rotatable bonds is 7. The van der Waals surface area contributed by atoms with E-state index in [0.29, 0.717) is 5.92 Å². The minimum atomic E-state index is -0.464. The van der Waals surface area contributed by atoms with Gasteiger partial charge in [-0.05, 0) is 98.8 Å². The summed E-state index contributed by atoms with van der Waals surface area (Å²) in [4.78, 5) is 10.0. The van der Waals surface area contributed by atoms with Crippen LogP contribution in [0.5, 0.6) is 0 Å². The zero-order chi connectivity index (χ0) is 36.2. The van der Waals surface area contributed by atoms with Crippen LogP contribution >= 0.6 is 0 Å². The first-order valence-electron chi connectivity index (χ1n) is 18.9. The zero-order valence-corrected chi connectivity index (χ0v) is 30.4. The largest absolute Gasteiger partial charge is 0.291 e. The summed E-state index contributed by atoms with van der Waals surface area (Å²) in [5, 5.41) is 1.10. The molecule has 1 aliphatic carbocycles. The Morgan fingerprint density at radius 2 is 1.17 bits per heavy atom. The third-order valence-corrected chi connectivity index (χ3v) is 11.1.